The second-order valence-corrected chi connectivity index (χ2v) is 5.33. The van der Waals surface area contributed by atoms with Crippen LogP contribution in [0.3, 0.4) is 0 Å². The lowest BCUT2D eigenvalue weighted by Gasteiger charge is -2.10. The smallest absolute Gasteiger partial charge is 0.158 e. The minimum absolute atomic E-state index is 0.652. The van der Waals surface area contributed by atoms with Gasteiger partial charge in [0.15, 0.2) is 5.17 Å². The summed E-state index contributed by atoms with van der Waals surface area (Å²) in [5, 5.41) is 0.652. The number of ether oxygens (including phenoxy) is 1. The van der Waals surface area contributed by atoms with Gasteiger partial charge < -0.3 is 10.5 Å². The lowest BCUT2D eigenvalue weighted by molar-refractivity contribution is 0.124. The molecule has 0 amide bonds. The summed E-state index contributed by atoms with van der Waals surface area (Å²) in [6.45, 7) is 3.49. The number of benzene rings is 1. The summed E-state index contributed by atoms with van der Waals surface area (Å²) in [4.78, 5) is 4.10. The van der Waals surface area contributed by atoms with Crippen molar-refractivity contribution in [1.29, 1.82) is 0 Å². The molecule has 3 nitrogen and oxygen atoms in total. The van der Waals surface area contributed by atoms with Crippen molar-refractivity contribution in [2.24, 2.45) is 10.7 Å². The Morgan fingerprint density at radius 3 is 2.78 bits per heavy atom. The Hall–Kier alpha value is -1.26. The summed E-state index contributed by atoms with van der Waals surface area (Å²) < 4.78 is 5.66. The van der Waals surface area contributed by atoms with Gasteiger partial charge in [-0.3, -0.25) is 0 Å². The van der Waals surface area contributed by atoms with E-state index >= 15 is 0 Å². The van der Waals surface area contributed by atoms with E-state index in [2.05, 4.69) is 36.2 Å². The van der Waals surface area contributed by atoms with Gasteiger partial charge in [-0.05, 0) is 24.5 Å². The van der Waals surface area contributed by atoms with E-state index in [1.807, 2.05) is 6.20 Å². The number of hydrogen-bond donors (Lipinski definition) is 1. The van der Waals surface area contributed by atoms with Gasteiger partial charge in [0.2, 0.25) is 0 Å². The van der Waals surface area contributed by atoms with Gasteiger partial charge >= 0.3 is 0 Å². The van der Waals surface area contributed by atoms with Crippen LogP contribution < -0.4 is 5.73 Å². The third-order valence-electron chi connectivity index (χ3n) is 2.74. The van der Waals surface area contributed by atoms with Crippen molar-refractivity contribution in [3.8, 4) is 0 Å². The highest BCUT2D eigenvalue weighted by Gasteiger charge is 2.05. The summed E-state index contributed by atoms with van der Waals surface area (Å²) >= 11 is 1.59. The topological polar surface area (TPSA) is 47.6 Å². The van der Waals surface area contributed by atoms with Gasteiger partial charge in [-0.15, -0.1) is 0 Å². The number of nitrogens with two attached hydrogens (primary N) is 1. The molecule has 1 aliphatic heterocycles. The fourth-order valence-corrected chi connectivity index (χ4v) is 2.29. The van der Waals surface area contributed by atoms with Crippen LogP contribution in [0.2, 0.25) is 0 Å². The van der Waals surface area contributed by atoms with Crippen LogP contribution >= 0.6 is 11.8 Å². The van der Waals surface area contributed by atoms with Crippen LogP contribution in [0.15, 0.2) is 41.0 Å². The van der Waals surface area contributed by atoms with Crippen LogP contribution in [-0.4, -0.2) is 17.5 Å². The zero-order chi connectivity index (χ0) is 12.8. The van der Waals surface area contributed by atoms with Gasteiger partial charge in [0, 0.05) is 12.0 Å². The Kier molecular flexibility index (Phi) is 4.84. The summed E-state index contributed by atoms with van der Waals surface area (Å²) in [6, 6.07) is 8.43. The maximum absolute atomic E-state index is 5.66. The highest BCUT2D eigenvalue weighted by molar-refractivity contribution is 8.14. The highest BCUT2D eigenvalue weighted by atomic mass is 32.2. The highest BCUT2D eigenvalue weighted by Crippen LogP contribution is 2.16. The lowest BCUT2D eigenvalue weighted by Crippen LogP contribution is -2.11. The predicted octanol–water partition coefficient (Wildman–Crippen LogP) is 2.85. The van der Waals surface area contributed by atoms with E-state index in [-0.39, 0.29) is 0 Å². The van der Waals surface area contributed by atoms with E-state index in [1.54, 1.807) is 11.8 Å². The molecule has 18 heavy (non-hydrogen) atoms. The first-order valence-corrected chi connectivity index (χ1v) is 7.00. The van der Waals surface area contributed by atoms with Crippen molar-refractivity contribution in [3.05, 3.63) is 47.2 Å². The molecule has 1 aromatic carbocycles. The van der Waals surface area contributed by atoms with Gasteiger partial charge in [0.05, 0.1) is 13.2 Å². The fourth-order valence-electron chi connectivity index (χ4n) is 1.61. The van der Waals surface area contributed by atoms with Crippen molar-refractivity contribution in [2.75, 3.05) is 12.4 Å². The maximum atomic E-state index is 5.66. The molecule has 2 rings (SSSR count). The molecular weight excluding hydrogens is 244 g/mol. The molecule has 1 aromatic rings. The van der Waals surface area contributed by atoms with Crippen molar-refractivity contribution in [2.45, 2.75) is 20.0 Å². The molecule has 2 N–H and O–H groups in total. The molecule has 0 saturated carbocycles. The van der Waals surface area contributed by atoms with Crippen molar-refractivity contribution < 1.29 is 4.74 Å². The van der Waals surface area contributed by atoms with Crippen molar-refractivity contribution in [3.63, 3.8) is 0 Å². The molecule has 0 aromatic heterocycles. The number of amidine groups is 1. The maximum Gasteiger partial charge on any atom is 0.158 e. The number of thioether (sulfide) groups is 1. The number of aryl methyl sites for hydroxylation is 1. The number of rotatable bonds is 5. The molecule has 0 atom stereocenters. The van der Waals surface area contributed by atoms with Crippen LogP contribution in [0.5, 0.6) is 0 Å². The van der Waals surface area contributed by atoms with Gasteiger partial charge in [-0.1, -0.05) is 41.6 Å². The summed E-state index contributed by atoms with van der Waals surface area (Å²) in [7, 11) is 0. The number of aliphatic imine (C=N–C) groups is 1. The summed E-state index contributed by atoms with van der Waals surface area (Å²) in [6.07, 6.45) is 2.79. The molecule has 1 heterocycles. The monoisotopic (exact) mass is 262 g/mol. The third-order valence-corrected chi connectivity index (χ3v) is 3.65. The van der Waals surface area contributed by atoms with E-state index in [0.717, 1.165) is 18.8 Å². The molecule has 0 unspecified atom stereocenters. The van der Waals surface area contributed by atoms with Gasteiger partial charge in [-0.25, -0.2) is 4.99 Å². The number of nitrogens with zero attached hydrogens (tertiary/aromatic N) is 1. The lowest BCUT2D eigenvalue weighted by atomic mass is 10.2. The first-order valence-electron chi connectivity index (χ1n) is 6.01. The summed E-state index contributed by atoms with van der Waals surface area (Å²) in [5.74, 6) is 0.934. The molecule has 0 fully saturated rings. The van der Waals surface area contributed by atoms with Crippen molar-refractivity contribution >= 4 is 16.9 Å². The van der Waals surface area contributed by atoms with Gasteiger partial charge in [-0.2, -0.15) is 0 Å². The van der Waals surface area contributed by atoms with E-state index in [1.165, 1.54) is 16.7 Å². The minimum atomic E-state index is 0.652. The average Bonchev–Trinajstić information content (AvgIpc) is 2.39. The van der Waals surface area contributed by atoms with E-state index in [0.29, 0.717) is 11.8 Å². The van der Waals surface area contributed by atoms with E-state index in [4.69, 9.17) is 10.5 Å². The molecule has 0 radical (unpaired) electrons. The first-order chi connectivity index (χ1) is 8.74. The largest absolute Gasteiger partial charge is 0.378 e. The normalized spacial score (nSPS) is 15.2. The van der Waals surface area contributed by atoms with Crippen LogP contribution in [0.25, 0.3) is 0 Å². The quantitative estimate of drug-likeness (QED) is 0.830. The van der Waals surface area contributed by atoms with E-state index < -0.39 is 0 Å². The molecule has 0 saturated heterocycles. The van der Waals surface area contributed by atoms with E-state index in [9.17, 15) is 0 Å². The Labute approximate surface area is 112 Å². The van der Waals surface area contributed by atoms with Crippen LogP contribution in [-0.2, 0) is 11.3 Å². The molecule has 0 spiro atoms. The first kappa shape index (κ1) is 13.2. The van der Waals surface area contributed by atoms with Crippen LogP contribution in [0, 0.1) is 6.92 Å². The third kappa shape index (κ3) is 4.20. The Morgan fingerprint density at radius 2 is 2.11 bits per heavy atom. The molecule has 0 aliphatic carbocycles. The molecule has 0 bridgehead atoms. The SMILES string of the molecule is Cc1ccc(COCCC2=CN=C(N)SC2)cc1. The van der Waals surface area contributed by atoms with Crippen LogP contribution in [0.1, 0.15) is 17.5 Å². The second kappa shape index (κ2) is 6.61. The second-order valence-electron chi connectivity index (χ2n) is 4.33. The Morgan fingerprint density at radius 1 is 1.33 bits per heavy atom. The summed E-state index contributed by atoms with van der Waals surface area (Å²) in [5.41, 5.74) is 9.36. The molecule has 4 heteroatoms. The zero-order valence-electron chi connectivity index (χ0n) is 10.6. The van der Waals surface area contributed by atoms with Crippen molar-refractivity contribution in [1.82, 2.24) is 0 Å². The average molecular weight is 262 g/mol. The fraction of sp³-hybridized carbons (Fsp3) is 0.357. The van der Waals surface area contributed by atoms with Crippen LogP contribution in [0.4, 0.5) is 0 Å². The number of hydrogen-bond acceptors (Lipinski definition) is 4. The molecule has 1 aliphatic rings. The van der Waals surface area contributed by atoms with Gasteiger partial charge in [0.1, 0.15) is 0 Å². The Bertz CT molecular complexity index is 451. The predicted molar refractivity (Wildman–Crippen MR) is 77.6 cm³/mol. The standard InChI is InChI=1S/C14H18N2OS/c1-11-2-4-12(5-3-11)9-17-7-6-13-8-16-14(15)18-10-13/h2-5,8H,6-7,9-10H2,1H3,(H2,15,16). The zero-order valence-corrected chi connectivity index (χ0v) is 11.4. The van der Waals surface area contributed by atoms with Gasteiger partial charge in [0.25, 0.3) is 0 Å². The Balaban J connectivity index is 1.69. The molecule has 96 valence electrons. The minimum Gasteiger partial charge on any atom is -0.378 e. The molecular formula is C14H18N2OS.